The Bertz CT molecular complexity index is 1800. The maximum Gasteiger partial charge on any atom is 0.523 e. The summed E-state index contributed by atoms with van der Waals surface area (Å²) in [5.74, 6) is 0. The van der Waals surface area contributed by atoms with Gasteiger partial charge in [-0.05, 0) is 42.1 Å². The van der Waals surface area contributed by atoms with Crippen molar-refractivity contribution in [3.63, 3.8) is 0 Å². The molecule has 2 aromatic carbocycles. The van der Waals surface area contributed by atoms with E-state index < -0.39 is 70.7 Å². The first kappa shape index (κ1) is 45.3. The number of aromatic nitrogens is 2. The minimum absolute atomic E-state index is 0.0270. The molecule has 0 aliphatic carbocycles. The lowest BCUT2D eigenvalue weighted by Gasteiger charge is -2.45. The summed E-state index contributed by atoms with van der Waals surface area (Å²) in [4.78, 5) is 27.4. The summed E-state index contributed by atoms with van der Waals surface area (Å²) in [5, 5.41) is 14.2. The molecule has 16 heteroatoms. The van der Waals surface area contributed by atoms with Gasteiger partial charge in [0.2, 0.25) is 0 Å². The lowest BCUT2D eigenvalue weighted by atomic mass is 9.87. The van der Waals surface area contributed by atoms with Crippen molar-refractivity contribution in [1.29, 1.82) is 0 Å². The van der Waals surface area contributed by atoms with E-state index in [9.17, 15) is 36.3 Å². The standard InChI is InChI=1S/C38H55F3N2O9SSi/c1-8-10-23-49-27-37(46,22-25-51-54(36(5,6)7,30-18-14-12-15-19-30)31-20-16-13-17-21-31)33(50-24-11-9-2)32(52-53(47,48)38(39,40)41)29(4)43-26-28(3)34(44)42-35(43)45/h12-21,26,29,32-33,46H,8-11,22-25,27H2,1-7H3,(H,42,44,45)/t29-,32?,33?,37-/m1/s1. The first-order chi connectivity index (χ1) is 25.3. The van der Waals surface area contributed by atoms with E-state index in [1.807, 2.05) is 74.5 Å². The fourth-order valence-corrected chi connectivity index (χ4v) is 11.7. The van der Waals surface area contributed by atoms with E-state index >= 15 is 0 Å². The normalized spacial score (nSPS) is 15.8. The second-order valence-electron chi connectivity index (χ2n) is 14.6. The molecule has 302 valence electrons. The Morgan fingerprint density at radius 1 is 0.889 bits per heavy atom. The van der Waals surface area contributed by atoms with Gasteiger partial charge in [-0.3, -0.25) is 18.5 Å². The second kappa shape index (κ2) is 19.2. The lowest BCUT2D eigenvalue weighted by molar-refractivity contribution is -0.188. The highest BCUT2D eigenvalue weighted by Gasteiger charge is 2.55. The molecular weight excluding hydrogens is 746 g/mol. The number of nitrogens with one attached hydrogen (secondary N) is 1. The van der Waals surface area contributed by atoms with E-state index in [0.29, 0.717) is 19.3 Å². The van der Waals surface area contributed by atoms with Gasteiger partial charge in [-0.1, -0.05) is 108 Å². The predicted molar refractivity (Wildman–Crippen MR) is 204 cm³/mol. The Balaban J connectivity index is 2.25. The van der Waals surface area contributed by atoms with Gasteiger partial charge in [-0.15, -0.1) is 0 Å². The molecule has 11 nitrogen and oxygen atoms in total. The highest BCUT2D eigenvalue weighted by atomic mass is 32.2. The third kappa shape index (κ3) is 10.8. The lowest BCUT2D eigenvalue weighted by Crippen LogP contribution is -2.67. The van der Waals surface area contributed by atoms with Crippen LogP contribution in [0, 0.1) is 6.92 Å². The summed E-state index contributed by atoms with van der Waals surface area (Å²) in [6.07, 6.45) is -0.841. The van der Waals surface area contributed by atoms with Crippen molar-refractivity contribution in [2.45, 2.75) is 115 Å². The molecule has 0 radical (unpaired) electrons. The monoisotopic (exact) mass is 800 g/mol. The molecule has 3 rings (SSSR count). The fraction of sp³-hybridized carbons (Fsp3) is 0.579. The van der Waals surface area contributed by atoms with Crippen molar-refractivity contribution in [3.05, 3.63) is 93.3 Å². The minimum Gasteiger partial charge on any atom is -0.407 e. The van der Waals surface area contributed by atoms with E-state index in [0.717, 1.165) is 27.6 Å². The van der Waals surface area contributed by atoms with Crippen molar-refractivity contribution >= 4 is 28.8 Å². The van der Waals surface area contributed by atoms with E-state index in [-0.39, 0.29) is 31.8 Å². The first-order valence-electron chi connectivity index (χ1n) is 18.2. The van der Waals surface area contributed by atoms with Crippen LogP contribution in [0.4, 0.5) is 13.2 Å². The maximum atomic E-state index is 14.0. The van der Waals surface area contributed by atoms with E-state index in [1.165, 1.54) is 13.8 Å². The number of benzene rings is 2. The Labute approximate surface area is 317 Å². The summed E-state index contributed by atoms with van der Waals surface area (Å²) < 4.78 is 92.5. The van der Waals surface area contributed by atoms with E-state index in [1.54, 1.807) is 0 Å². The number of rotatable bonds is 21. The summed E-state index contributed by atoms with van der Waals surface area (Å²) in [5.41, 5.74) is -9.82. The number of aromatic amines is 1. The molecule has 0 aliphatic rings. The number of aliphatic hydroxyl groups is 1. The van der Waals surface area contributed by atoms with Gasteiger partial charge < -0.3 is 19.0 Å². The molecule has 1 heterocycles. The molecule has 0 saturated carbocycles. The molecule has 0 spiro atoms. The van der Waals surface area contributed by atoms with Crippen LogP contribution in [0.25, 0.3) is 0 Å². The zero-order chi connectivity index (χ0) is 40.4. The summed E-state index contributed by atoms with van der Waals surface area (Å²) in [7, 11) is -9.52. The van der Waals surface area contributed by atoms with Crippen molar-refractivity contribution in [1.82, 2.24) is 9.55 Å². The molecule has 0 bridgehead atoms. The highest BCUT2D eigenvalue weighted by Crippen LogP contribution is 2.39. The van der Waals surface area contributed by atoms with Crippen LogP contribution in [0.1, 0.15) is 85.3 Å². The van der Waals surface area contributed by atoms with Gasteiger partial charge >= 0.3 is 21.3 Å². The molecule has 0 aliphatic heterocycles. The van der Waals surface area contributed by atoms with Gasteiger partial charge in [0, 0.05) is 38.0 Å². The van der Waals surface area contributed by atoms with Crippen LogP contribution in [0.2, 0.25) is 5.04 Å². The van der Waals surface area contributed by atoms with Gasteiger partial charge in [-0.2, -0.15) is 21.6 Å². The van der Waals surface area contributed by atoms with Gasteiger partial charge in [0.15, 0.2) is 0 Å². The number of halogens is 3. The molecule has 2 N–H and O–H groups in total. The highest BCUT2D eigenvalue weighted by molar-refractivity contribution is 7.87. The number of H-pyrrole nitrogens is 1. The Morgan fingerprint density at radius 2 is 1.43 bits per heavy atom. The molecule has 54 heavy (non-hydrogen) atoms. The zero-order valence-electron chi connectivity index (χ0n) is 32.1. The predicted octanol–water partition coefficient (Wildman–Crippen LogP) is 5.34. The van der Waals surface area contributed by atoms with Crippen LogP contribution in [-0.4, -0.2) is 81.1 Å². The largest absolute Gasteiger partial charge is 0.523 e. The summed E-state index contributed by atoms with van der Waals surface area (Å²) in [6.45, 7) is 12.0. The molecule has 3 aromatic rings. The number of alkyl halides is 3. The van der Waals surface area contributed by atoms with Gasteiger partial charge in [0.1, 0.15) is 17.8 Å². The van der Waals surface area contributed by atoms with Gasteiger partial charge in [0.05, 0.1) is 12.6 Å². The summed E-state index contributed by atoms with van der Waals surface area (Å²) >= 11 is 0. The maximum absolute atomic E-state index is 14.0. The number of nitrogens with zero attached hydrogens (tertiary/aromatic N) is 1. The average Bonchev–Trinajstić information content (AvgIpc) is 3.11. The molecule has 2 unspecified atom stereocenters. The molecule has 0 fully saturated rings. The number of aryl methyl sites for hydroxylation is 1. The van der Waals surface area contributed by atoms with Crippen molar-refractivity contribution in [2.24, 2.45) is 0 Å². The fourth-order valence-electron chi connectivity index (χ4n) is 6.48. The Hall–Kier alpha value is -3.12. The third-order valence-electron chi connectivity index (χ3n) is 9.47. The third-order valence-corrected chi connectivity index (χ3v) is 15.6. The van der Waals surface area contributed by atoms with Crippen LogP contribution in [0.5, 0.6) is 0 Å². The van der Waals surface area contributed by atoms with Gasteiger partial charge in [0.25, 0.3) is 13.9 Å². The molecule has 0 amide bonds. The van der Waals surface area contributed by atoms with Crippen LogP contribution in [0.15, 0.2) is 76.4 Å². The quantitative estimate of drug-likeness (QED) is 0.0631. The Kier molecular flexibility index (Phi) is 16.1. The number of hydrogen-bond acceptors (Lipinski definition) is 9. The number of unbranched alkanes of at least 4 members (excludes halogenated alkanes) is 2. The van der Waals surface area contributed by atoms with Crippen LogP contribution >= 0.6 is 0 Å². The summed E-state index contributed by atoms with van der Waals surface area (Å²) in [6, 6.07) is 17.8. The van der Waals surface area contributed by atoms with E-state index in [4.69, 9.17) is 18.1 Å². The van der Waals surface area contributed by atoms with Gasteiger partial charge in [-0.25, -0.2) is 4.79 Å². The number of hydrogen-bond donors (Lipinski definition) is 2. The molecule has 0 saturated heterocycles. The smallest absolute Gasteiger partial charge is 0.407 e. The molecule has 4 atom stereocenters. The van der Waals surface area contributed by atoms with E-state index in [2.05, 4.69) is 25.8 Å². The molecular formula is C38H55F3N2O9SSi. The second-order valence-corrected chi connectivity index (χ2v) is 20.5. The van der Waals surface area contributed by atoms with Crippen molar-refractivity contribution < 1.29 is 44.8 Å². The van der Waals surface area contributed by atoms with Crippen molar-refractivity contribution in [3.8, 4) is 0 Å². The SMILES string of the molecule is CCCCOC[C@](O)(CCO[Si](c1ccccc1)(c1ccccc1)C(C)(C)C)C(OCCCC)C(OS(=O)(=O)C(F)(F)F)[C@@H](C)n1cc(C)c(=O)[nH]c1=O. The topological polar surface area (TPSA) is 146 Å². The number of ether oxygens (including phenoxy) is 2. The first-order valence-corrected chi connectivity index (χ1v) is 21.6. The van der Waals surface area contributed by atoms with Crippen LogP contribution in [-0.2, 0) is 28.2 Å². The Morgan fingerprint density at radius 3 is 1.93 bits per heavy atom. The minimum atomic E-state index is -6.32. The van der Waals surface area contributed by atoms with Crippen LogP contribution < -0.4 is 21.6 Å². The zero-order valence-corrected chi connectivity index (χ0v) is 34.0. The van der Waals surface area contributed by atoms with Crippen molar-refractivity contribution in [2.75, 3.05) is 26.4 Å². The van der Waals surface area contributed by atoms with Crippen LogP contribution in [0.3, 0.4) is 0 Å². The molecule has 1 aromatic heterocycles. The average molecular weight is 801 g/mol.